The Morgan fingerprint density at radius 2 is 0.647 bits per heavy atom. The zero-order valence-corrected chi connectivity index (χ0v) is 37.2. The van der Waals surface area contributed by atoms with Crippen molar-refractivity contribution in [2.24, 2.45) is 0 Å². The molecule has 0 bridgehead atoms. The molecule has 0 saturated carbocycles. The van der Waals surface area contributed by atoms with Crippen molar-refractivity contribution in [2.45, 2.75) is 19.6 Å². The van der Waals surface area contributed by atoms with Crippen molar-refractivity contribution in [2.75, 3.05) is 31.9 Å². The topological polar surface area (TPSA) is 375 Å². The van der Waals surface area contributed by atoms with Gasteiger partial charge in [0.25, 0.3) is 64.1 Å². The second-order valence-corrected chi connectivity index (χ2v) is 19.6. The highest BCUT2D eigenvalue weighted by Crippen LogP contribution is 2.27. The molecule has 0 aliphatic heterocycles. The molecule has 0 unspecified atom stereocenters. The predicted molar refractivity (Wildman–Crippen MR) is 242 cm³/mol. The summed E-state index contributed by atoms with van der Waals surface area (Å²) in [6.45, 7) is 0. The minimum atomic E-state index is -4.97. The molecule has 6 aromatic carbocycles. The average Bonchev–Trinajstić information content (AvgIpc) is 3.25. The van der Waals surface area contributed by atoms with Crippen LogP contribution in [-0.4, -0.2) is 81.5 Å². The van der Waals surface area contributed by atoms with E-state index in [1.807, 2.05) is 0 Å². The third kappa shape index (κ3) is 12.7. The number of carbonyl (C=O) groups is 5. The van der Waals surface area contributed by atoms with Crippen LogP contribution in [0.1, 0.15) is 41.4 Å². The van der Waals surface area contributed by atoms with E-state index in [1.165, 1.54) is 72.8 Å². The molecule has 6 rings (SSSR count). The predicted octanol–water partition coefficient (Wildman–Crippen LogP) is 5.33. The van der Waals surface area contributed by atoms with Gasteiger partial charge in [-0.2, -0.15) is 33.7 Å². The summed E-state index contributed by atoms with van der Waals surface area (Å²) in [5.74, 6) is -3.63. The first kappa shape index (κ1) is 49.5. The molecule has 6 aromatic rings. The Bertz CT molecular complexity index is 3270. The van der Waals surface area contributed by atoms with Crippen LogP contribution in [0.2, 0.25) is 0 Å². The first-order chi connectivity index (χ1) is 31.7. The quantitative estimate of drug-likeness (QED) is 0.0617. The van der Waals surface area contributed by atoms with Gasteiger partial charge in [0.1, 0.15) is 9.79 Å². The average molecular weight is 1010 g/mol. The van der Waals surface area contributed by atoms with E-state index in [-0.39, 0.29) is 45.0 Å². The lowest BCUT2D eigenvalue weighted by molar-refractivity contribution is 0.101. The Kier molecular flexibility index (Phi) is 14.2. The number of hydrogen-bond donors (Lipinski definition) is 10. The van der Waals surface area contributed by atoms with E-state index >= 15 is 0 Å². The Balaban J connectivity index is 1.12. The molecule has 6 amide bonds. The number of anilines is 6. The van der Waals surface area contributed by atoms with Gasteiger partial charge >= 0.3 is 6.03 Å². The fourth-order valence-electron chi connectivity index (χ4n) is 5.97. The maximum atomic E-state index is 13.4. The fourth-order valence-corrected chi connectivity index (χ4v) is 8.19. The Morgan fingerprint density at radius 3 is 0.971 bits per heavy atom. The van der Waals surface area contributed by atoms with Gasteiger partial charge in [0.05, 0.1) is 21.2 Å². The van der Waals surface area contributed by atoms with Crippen molar-refractivity contribution in [3.05, 3.63) is 156 Å². The Hall–Kier alpha value is -7.89. The van der Waals surface area contributed by atoms with E-state index < -0.39 is 101 Å². The number of urea groups is 1. The molecule has 0 aliphatic rings. The Morgan fingerprint density at radius 1 is 0.324 bits per heavy atom. The van der Waals surface area contributed by atoms with Crippen molar-refractivity contribution in [1.29, 1.82) is 0 Å². The fraction of sp³-hybridized carbons (Fsp3) is 0. The zero-order chi connectivity index (χ0) is 49.8. The van der Waals surface area contributed by atoms with Gasteiger partial charge in [-0.15, -0.1) is 0 Å². The van der Waals surface area contributed by atoms with Crippen LogP contribution in [0.4, 0.5) is 38.9 Å². The molecular weight excluding hydrogens is 977 g/mol. The molecule has 10 N–H and O–H groups in total. The molecule has 0 atom stereocenters. The summed E-state index contributed by atoms with van der Waals surface area (Å²) >= 11 is 0. The number of nitrogens with one attached hydrogen (secondary N) is 6. The third-order valence-corrected chi connectivity index (χ3v) is 12.7. The lowest BCUT2D eigenvalue weighted by Gasteiger charge is -2.13. The molecule has 0 saturated heterocycles. The SMILES string of the molecule is O=C(Nc1cccc(C(=O)Nc2cc(C(=O)Nc3ccc(S(=O)(=O)O)cc3)ccc2S(=O)(=O)O)c1)Nc1cccc(C(=O)Nc2cc(C(=O)Nc3ccc(S(=O)(=O)O)cc3)ccc2S(=O)(=O)O)c1. The summed E-state index contributed by atoms with van der Waals surface area (Å²) in [6, 6.07) is 23.8. The van der Waals surface area contributed by atoms with Gasteiger partial charge in [0.15, 0.2) is 0 Å². The molecule has 0 heterocycles. The van der Waals surface area contributed by atoms with Gasteiger partial charge in [-0.3, -0.25) is 37.4 Å². The molecule has 0 aliphatic carbocycles. The minimum Gasteiger partial charge on any atom is -0.322 e. The maximum absolute atomic E-state index is 13.4. The van der Waals surface area contributed by atoms with E-state index in [9.17, 15) is 75.9 Å². The summed E-state index contributed by atoms with van der Waals surface area (Å²) in [5, 5.41) is 14.4. The smallest absolute Gasteiger partial charge is 0.322 e. The summed E-state index contributed by atoms with van der Waals surface area (Å²) in [6.07, 6.45) is 0. The monoisotopic (exact) mass is 1010 g/mol. The highest BCUT2D eigenvalue weighted by Gasteiger charge is 2.23. The summed E-state index contributed by atoms with van der Waals surface area (Å²) in [4.78, 5) is 63.3. The molecular formula is C41H32N6O17S4. The largest absolute Gasteiger partial charge is 0.323 e. The van der Waals surface area contributed by atoms with Gasteiger partial charge in [-0.25, -0.2) is 4.79 Å². The number of carbonyl (C=O) groups excluding carboxylic acids is 5. The third-order valence-electron chi connectivity index (χ3n) is 9.12. The number of amides is 6. The van der Waals surface area contributed by atoms with Crippen LogP contribution >= 0.6 is 0 Å². The van der Waals surface area contributed by atoms with E-state index in [1.54, 1.807) is 0 Å². The van der Waals surface area contributed by atoms with Crippen LogP contribution in [0.15, 0.2) is 153 Å². The molecule has 0 aromatic heterocycles. The molecule has 23 nitrogen and oxygen atoms in total. The maximum Gasteiger partial charge on any atom is 0.323 e. The molecule has 27 heteroatoms. The molecule has 0 spiro atoms. The standard InChI is InChI=1S/C41H32N6O17S4/c48-37(42-27-9-13-31(14-10-27)65(53,54)55)25-7-17-35(67(59,60)61)33(21-25)46-39(50)23-3-1-5-29(19-23)44-41(52)45-30-6-2-4-24(20-30)40(51)47-34-22-26(8-18-36(34)68(62,63)64)38(49)43-28-11-15-32(16-12-28)66(56,57)58/h1-22H,(H,42,48)(H,43,49)(H,46,50)(H,47,51)(H2,44,45,52)(H,53,54,55)(H,56,57,58)(H,59,60,61)(H,62,63,64). The number of hydrogen-bond acceptors (Lipinski definition) is 13. The van der Waals surface area contributed by atoms with Crippen LogP contribution in [-0.2, 0) is 40.5 Å². The van der Waals surface area contributed by atoms with Crippen molar-refractivity contribution in [3.63, 3.8) is 0 Å². The molecule has 352 valence electrons. The van der Waals surface area contributed by atoms with Gasteiger partial charge < -0.3 is 31.9 Å². The Labute approximate surface area is 385 Å². The lowest BCUT2D eigenvalue weighted by Crippen LogP contribution is -2.21. The second kappa shape index (κ2) is 19.5. The van der Waals surface area contributed by atoms with Gasteiger partial charge in [0.2, 0.25) is 0 Å². The molecule has 0 fully saturated rings. The second-order valence-electron chi connectivity index (χ2n) is 13.9. The van der Waals surface area contributed by atoms with Crippen LogP contribution in [0, 0.1) is 0 Å². The number of rotatable bonds is 14. The van der Waals surface area contributed by atoms with E-state index in [0.717, 1.165) is 60.7 Å². The highest BCUT2D eigenvalue weighted by atomic mass is 32.2. The van der Waals surface area contributed by atoms with E-state index in [2.05, 4.69) is 31.9 Å². The van der Waals surface area contributed by atoms with Crippen molar-refractivity contribution in [1.82, 2.24) is 0 Å². The van der Waals surface area contributed by atoms with Gasteiger partial charge in [-0.05, 0) is 121 Å². The van der Waals surface area contributed by atoms with E-state index in [0.29, 0.717) is 0 Å². The first-order valence-electron chi connectivity index (χ1n) is 18.7. The summed E-state index contributed by atoms with van der Waals surface area (Å²) in [5.41, 5.74) is -1.61. The van der Waals surface area contributed by atoms with Crippen molar-refractivity contribution < 1.29 is 75.9 Å². The highest BCUT2D eigenvalue weighted by molar-refractivity contribution is 7.86. The normalized spacial score (nSPS) is 11.7. The van der Waals surface area contributed by atoms with Crippen LogP contribution in [0.25, 0.3) is 0 Å². The minimum absolute atomic E-state index is 0.0176. The first-order valence-corrected chi connectivity index (χ1v) is 24.4. The lowest BCUT2D eigenvalue weighted by atomic mass is 10.1. The summed E-state index contributed by atoms with van der Waals surface area (Å²) < 4.78 is 132. The summed E-state index contributed by atoms with van der Waals surface area (Å²) in [7, 11) is -19.0. The van der Waals surface area contributed by atoms with Crippen LogP contribution in [0.5, 0.6) is 0 Å². The van der Waals surface area contributed by atoms with Crippen molar-refractivity contribution >= 4 is 104 Å². The number of benzene rings is 6. The zero-order valence-electron chi connectivity index (χ0n) is 33.9. The van der Waals surface area contributed by atoms with Crippen molar-refractivity contribution in [3.8, 4) is 0 Å². The van der Waals surface area contributed by atoms with Crippen LogP contribution in [0.3, 0.4) is 0 Å². The van der Waals surface area contributed by atoms with Gasteiger partial charge in [0, 0.05) is 45.0 Å². The molecule has 0 radical (unpaired) electrons. The van der Waals surface area contributed by atoms with Crippen LogP contribution < -0.4 is 31.9 Å². The van der Waals surface area contributed by atoms with Gasteiger partial charge in [-0.1, -0.05) is 12.1 Å². The van der Waals surface area contributed by atoms with E-state index in [4.69, 9.17) is 0 Å². The molecule has 68 heavy (non-hydrogen) atoms.